The fourth-order valence-corrected chi connectivity index (χ4v) is 3.86. The highest BCUT2D eigenvalue weighted by atomic mass is 16.5. The first-order chi connectivity index (χ1) is 19.2. The molecule has 0 radical (unpaired) electrons. The average Bonchev–Trinajstić information content (AvgIpc) is 3.16. The zero-order chi connectivity index (χ0) is 28.8. The lowest BCUT2D eigenvalue weighted by Crippen LogP contribution is -2.22. The van der Waals surface area contributed by atoms with E-state index in [0.29, 0.717) is 22.8 Å². The first kappa shape index (κ1) is 27.6. The minimum Gasteiger partial charge on any atom is -0.510 e. The van der Waals surface area contributed by atoms with Gasteiger partial charge in [-0.2, -0.15) is 5.11 Å². The molecule has 0 bridgehead atoms. The van der Waals surface area contributed by atoms with Crippen LogP contribution in [0.5, 0.6) is 5.75 Å². The van der Waals surface area contributed by atoms with Gasteiger partial charge in [0.05, 0.1) is 24.2 Å². The van der Waals surface area contributed by atoms with E-state index in [4.69, 9.17) is 4.74 Å². The number of anilines is 2. The predicted molar refractivity (Wildman–Crippen MR) is 152 cm³/mol. The molecule has 0 aliphatic carbocycles. The third kappa shape index (κ3) is 5.99. The topological polar surface area (TPSA) is 139 Å². The van der Waals surface area contributed by atoms with Crippen LogP contribution in [0.15, 0.2) is 105 Å². The van der Waals surface area contributed by atoms with Gasteiger partial charge >= 0.3 is 0 Å². The minimum absolute atomic E-state index is 0.153. The van der Waals surface area contributed by atoms with E-state index in [-0.39, 0.29) is 34.0 Å². The van der Waals surface area contributed by atoms with Crippen molar-refractivity contribution in [2.75, 3.05) is 17.7 Å². The summed E-state index contributed by atoms with van der Waals surface area (Å²) in [5.41, 5.74) is 1.68. The molecule has 40 heavy (non-hydrogen) atoms. The summed E-state index contributed by atoms with van der Waals surface area (Å²) >= 11 is 0. The van der Waals surface area contributed by atoms with Crippen LogP contribution in [-0.2, 0) is 11.8 Å². The number of benzene rings is 3. The van der Waals surface area contributed by atoms with Gasteiger partial charge in [-0.3, -0.25) is 19.1 Å². The lowest BCUT2D eigenvalue weighted by atomic mass is 10.2. The molecule has 0 spiro atoms. The van der Waals surface area contributed by atoms with Gasteiger partial charge in [-0.25, -0.2) is 4.68 Å². The third-order valence-electron chi connectivity index (χ3n) is 6.07. The number of methoxy groups -OCH3 is 1. The van der Waals surface area contributed by atoms with E-state index in [1.807, 2.05) is 18.2 Å². The number of hydrogen-bond acceptors (Lipinski definition) is 7. The van der Waals surface area contributed by atoms with E-state index in [0.717, 1.165) is 0 Å². The molecule has 0 fully saturated rings. The van der Waals surface area contributed by atoms with Crippen LogP contribution in [0.25, 0.3) is 5.69 Å². The fraction of sp³-hybridized carbons (Fsp3) is 0.138. The molecule has 1 heterocycles. The Bertz CT molecular complexity index is 1660. The van der Waals surface area contributed by atoms with Gasteiger partial charge in [0, 0.05) is 18.3 Å². The molecule has 0 saturated carbocycles. The molecule has 3 N–H and O–H groups in total. The molecule has 0 saturated heterocycles. The van der Waals surface area contributed by atoms with Crippen LogP contribution in [0.1, 0.15) is 23.0 Å². The van der Waals surface area contributed by atoms with Crippen LogP contribution in [0.3, 0.4) is 0 Å². The van der Waals surface area contributed by atoms with Crippen LogP contribution in [0, 0.1) is 6.92 Å². The molecule has 11 nitrogen and oxygen atoms in total. The lowest BCUT2D eigenvalue weighted by molar-refractivity contribution is -0.113. The van der Waals surface area contributed by atoms with Gasteiger partial charge in [-0.15, -0.1) is 5.11 Å². The molecule has 11 heteroatoms. The number of carbonyl (C=O) groups is 2. The fourth-order valence-electron chi connectivity index (χ4n) is 3.86. The van der Waals surface area contributed by atoms with Crippen LogP contribution >= 0.6 is 0 Å². The highest BCUT2D eigenvalue weighted by molar-refractivity contribution is 6.05. The smallest absolute Gasteiger partial charge is 0.295 e. The number of aliphatic hydroxyl groups excluding tert-OH is 1. The molecule has 0 aliphatic heterocycles. The summed E-state index contributed by atoms with van der Waals surface area (Å²) in [5.74, 6) is -0.899. The van der Waals surface area contributed by atoms with Crippen molar-refractivity contribution >= 4 is 28.9 Å². The number of rotatable bonds is 8. The highest BCUT2D eigenvalue weighted by Crippen LogP contribution is 2.21. The second-order valence-corrected chi connectivity index (χ2v) is 8.76. The third-order valence-corrected chi connectivity index (χ3v) is 6.07. The number of carbonyl (C=O) groups excluding carboxylic acids is 2. The van der Waals surface area contributed by atoms with Crippen molar-refractivity contribution in [3.63, 3.8) is 0 Å². The van der Waals surface area contributed by atoms with Crippen LogP contribution in [-0.4, -0.2) is 33.4 Å². The van der Waals surface area contributed by atoms with Gasteiger partial charge in [0.15, 0.2) is 5.70 Å². The van der Waals surface area contributed by atoms with Gasteiger partial charge < -0.3 is 20.5 Å². The molecule has 2 amide bonds. The standard InChI is InChI=1S/C29H28N6O5/c1-18-25(29(39)35(34(18)3)23-11-6-5-7-12-23)31-27(37)20-9-8-10-22(17-20)32-33-26(19(2)36)28(38)30-21-13-15-24(40-4)16-14-21/h5-17,36H,1-4H3,(H,30,38)(H,31,37)/b26-19+,33-32?. The summed E-state index contributed by atoms with van der Waals surface area (Å²) < 4.78 is 8.24. The summed E-state index contributed by atoms with van der Waals surface area (Å²) in [7, 11) is 3.27. The molecular weight excluding hydrogens is 512 g/mol. The van der Waals surface area contributed by atoms with E-state index in [2.05, 4.69) is 20.9 Å². The van der Waals surface area contributed by atoms with Gasteiger partial charge in [0.1, 0.15) is 17.2 Å². The van der Waals surface area contributed by atoms with Crippen molar-refractivity contribution in [1.82, 2.24) is 9.36 Å². The summed E-state index contributed by atoms with van der Waals surface area (Å²) in [6, 6.07) is 21.9. The zero-order valence-corrected chi connectivity index (χ0v) is 22.4. The summed E-state index contributed by atoms with van der Waals surface area (Å²) in [6.45, 7) is 3.05. The molecule has 204 valence electrons. The number of para-hydroxylation sites is 1. The Labute approximate surface area is 230 Å². The number of nitrogens with zero attached hydrogens (tertiary/aromatic N) is 4. The Morgan fingerprint density at radius 3 is 2.30 bits per heavy atom. The van der Waals surface area contributed by atoms with Crippen molar-refractivity contribution in [2.45, 2.75) is 13.8 Å². The van der Waals surface area contributed by atoms with Gasteiger partial charge in [-0.05, 0) is 68.4 Å². The number of amides is 2. The van der Waals surface area contributed by atoms with Gasteiger partial charge in [0.2, 0.25) is 0 Å². The summed E-state index contributed by atoms with van der Waals surface area (Å²) in [6.07, 6.45) is 0. The molecule has 3 aromatic carbocycles. The number of nitrogens with one attached hydrogen (secondary N) is 2. The quantitative estimate of drug-likeness (QED) is 0.159. The van der Waals surface area contributed by atoms with Crippen molar-refractivity contribution in [3.05, 3.63) is 112 Å². The van der Waals surface area contributed by atoms with Crippen molar-refractivity contribution in [3.8, 4) is 11.4 Å². The van der Waals surface area contributed by atoms with E-state index < -0.39 is 11.8 Å². The van der Waals surface area contributed by atoms with Crippen LogP contribution < -0.4 is 20.9 Å². The predicted octanol–water partition coefficient (Wildman–Crippen LogP) is 5.26. The molecule has 1 aromatic heterocycles. The average molecular weight is 541 g/mol. The van der Waals surface area contributed by atoms with E-state index in [1.165, 1.54) is 24.8 Å². The second kappa shape index (κ2) is 11.9. The number of azo groups is 1. The van der Waals surface area contributed by atoms with Crippen molar-refractivity contribution < 1.29 is 19.4 Å². The number of aliphatic hydroxyl groups is 1. The molecular formula is C29H28N6O5. The van der Waals surface area contributed by atoms with Gasteiger partial charge in [0.25, 0.3) is 17.4 Å². The Kier molecular flexibility index (Phi) is 8.24. The molecule has 0 atom stereocenters. The van der Waals surface area contributed by atoms with E-state index >= 15 is 0 Å². The van der Waals surface area contributed by atoms with Crippen molar-refractivity contribution in [1.29, 1.82) is 0 Å². The van der Waals surface area contributed by atoms with E-state index in [1.54, 1.807) is 73.3 Å². The second-order valence-electron chi connectivity index (χ2n) is 8.76. The number of allylic oxidation sites excluding steroid dienone is 1. The number of ether oxygens (including phenoxy) is 1. The van der Waals surface area contributed by atoms with E-state index in [9.17, 15) is 19.5 Å². The Balaban J connectivity index is 1.52. The largest absolute Gasteiger partial charge is 0.510 e. The minimum atomic E-state index is -0.669. The normalized spacial score (nSPS) is 11.7. The summed E-state index contributed by atoms with van der Waals surface area (Å²) in [4.78, 5) is 38.9. The first-order valence-corrected chi connectivity index (χ1v) is 12.2. The maximum Gasteiger partial charge on any atom is 0.295 e. The molecule has 4 aromatic rings. The molecule has 4 rings (SSSR count). The van der Waals surface area contributed by atoms with Gasteiger partial charge in [-0.1, -0.05) is 24.3 Å². The Morgan fingerprint density at radius 1 is 0.950 bits per heavy atom. The maximum absolute atomic E-state index is 13.1. The Morgan fingerprint density at radius 2 is 1.65 bits per heavy atom. The maximum atomic E-state index is 13.1. The zero-order valence-electron chi connectivity index (χ0n) is 22.4. The lowest BCUT2D eigenvalue weighted by Gasteiger charge is -2.07. The van der Waals surface area contributed by atoms with Crippen LogP contribution in [0.2, 0.25) is 0 Å². The number of hydrogen-bond donors (Lipinski definition) is 3. The van der Waals surface area contributed by atoms with Crippen molar-refractivity contribution in [2.24, 2.45) is 17.3 Å². The number of aromatic nitrogens is 2. The monoisotopic (exact) mass is 540 g/mol. The summed E-state index contributed by atoms with van der Waals surface area (Å²) in [5, 5.41) is 23.3. The Hall–Kier alpha value is -5.45. The van der Waals surface area contributed by atoms with Crippen LogP contribution in [0.4, 0.5) is 17.1 Å². The molecule has 0 aliphatic rings. The highest BCUT2D eigenvalue weighted by Gasteiger charge is 2.19. The molecule has 0 unspecified atom stereocenters. The SMILES string of the molecule is COc1ccc(NC(=O)/C(N=Nc2cccc(C(=O)Nc3c(C)n(C)n(-c4ccccc4)c3=O)c2)=C(/C)O)cc1. The first-order valence-electron chi connectivity index (χ1n) is 12.2.